The fourth-order valence-corrected chi connectivity index (χ4v) is 4.07. The van der Waals surface area contributed by atoms with Crippen molar-refractivity contribution in [2.45, 2.75) is 6.92 Å². The molecule has 0 radical (unpaired) electrons. The molecule has 120 valence electrons. The second kappa shape index (κ2) is 5.52. The standard InChI is InChI=1S/C21H14IN3/c1-13-6-5-9-16-19(13)17-12-15(22)10-11-18(17)25-20(23-24-21(16)25)14-7-3-2-4-8-14/h2-12H,1H3. The van der Waals surface area contributed by atoms with E-state index in [0.717, 1.165) is 27.9 Å². The van der Waals surface area contributed by atoms with Gasteiger partial charge in [0.15, 0.2) is 11.5 Å². The Morgan fingerprint density at radius 2 is 1.68 bits per heavy atom. The van der Waals surface area contributed by atoms with Crippen LogP contribution in [0.5, 0.6) is 0 Å². The van der Waals surface area contributed by atoms with E-state index in [9.17, 15) is 0 Å². The lowest BCUT2D eigenvalue weighted by Gasteiger charge is -2.11. The van der Waals surface area contributed by atoms with E-state index in [1.54, 1.807) is 0 Å². The number of nitrogens with zero attached hydrogens (tertiary/aromatic N) is 3. The predicted molar refractivity (Wildman–Crippen MR) is 111 cm³/mol. The lowest BCUT2D eigenvalue weighted by atomic mass is 10.0. The summed E-state index contributed by atoms with van der Waals surface area (Å²) in [4.78, 5) is 0. The van der Waals surface area contributed by atoms with Crippen LogP contribution in [-0.2, 0) is 0 Å². The summed E-state index contributed by atoms with van der Waals surface area (Å²) in [5.41, 5.74) is 4.38. The van der Waals surface area contributed by atoms with E-state index in [-0.39, 0.29) is 0 Å². The van der Waals surface area contributed by atoms with E-state index >= 15 is 0 Å². The second-order valence-electron chi connectivity index (χ2n) is 6.21. The molecule has 5 rings (SSSR count). The van der Waals surface area contributed by atoms with Crippen molar-refractivity contribution in [1.82, 2.24) is 14.6 Å². The predicted octanol–water partition coefficient (Wildman–Crippen LogP) is 5.62. The van der Waals surface area contributed by atoms with Crippen molar-refractivity contribution in [2.75, 3.05) is 0 Å². The normalized spacial score (nSPS) is 11.6. The molecule has 3 aromatic carbocycles. The Labute approximate surface area is 158 Å². The van der Waals surface area contributed by atoms with Gasteiger partial charge in [-0.05, 0) is 58.7 Å². The highest BCUT2D eigenvalue weighted by molar-refractivity contribution is 14.1. The molecular weight excluding hydrogens is 421 g/mol. The van der Waals surface area contributed by atoms with Crippen molar-refractivity contribution in [2.24, 2.45) is 0 Å². The van der Waals surface area contributed by atoms with Crippen molar-refractivity contribution < 1.29 is 0 Å². The molecule has 0 aliphatic rings. The van der Waals surface area contributed by atoms with Crippen LogP contribution in [0.2, 0.25) is 0 Å². The van der Waals surface area contributed by atoms with Gasteiger partial charge in [-0.15, -0.1) is 10.2 Å². The molecule has 0 unspecified atom stereocenters. The van der Waals surface area contributed by atoms with Gasteiger partial charge in [-0.1, -0.05) is 48.5 Å². The average molecular weight is 435 g/mol. The molecule has 3 nitrogen and oxygen atoms in total. The second-order valence-corrected chi connectivity index (χ2v) is 7.45. The maximum Gasteiger partial charge on any atom is 0.169 e. The minimum atomic E-state index is 0.880. The third kappa shape index (κ3) is 2.17. The summed E-state index contributed by atoms with van der Waals surface area (Å²) < 4.78 is 3.41. The third-order valence-corrected chi connectivity index (χ3v) is 5.35. The topological polar surface area (TPSA) is 30.2 Å². The number of hydrogen-bond acceptors (Lipinski definition) is 2. The van der Waals surface area contributed by atoms with Crippen LogP contribution in [0.3, 0.4) is 0 Å². The van der Waals surface area contributed by atoms with Crippen LogP contribution >= 0.6 is 22.6 Å². The Morgan fingerprint density at radius 3 is 2.52 bits per heavy atom. The van der Waals surface area contributed by atoms with Gasteiger partial charge in [-0.25, -0.2) is 0 Å². The molecule has 0 aliphatic heterocycles. The molecule has 0 N–H and O–H groups in total. The zero-order valence-electron chi connectivity index (χ0n) is 13.6. The van der Waals surface area contributed by atoms with Crippen molar-refractivity contribution in [3.63, 3.8) is 0 Å². The van der Waals surface area contributed by atoms with E-state index in [1.165, 1.54) is 19.9 Å². The van der Waals surface area contributed by atoms with Crippen LogP contribution in [0.25, 0.3) is 38.7 Å². The van der Waals surface area contributed by atoms with Crippen molar-refractivity contribution >= 4 is 49.9 Å². The van der Waals surface area contributed by atoms with Crippen LogP contribution in [-0.4, -0.2) is 14.6 Å². The number of halogens is 1. The van der Waals surface area contributed by atoms with Gasteiger partial charge in [0.2, 0.25) is 0 Å². The van der Waals surface area contributed by atoms with Crippen LogP contribution in [0.4, 0.5) is 0 Å². The number of aromatic nitrogens is 3. The quantitative estimate of drug-likeness (QED) is 0.253. The van der Waals surface area contributed by atoms with Gasteiger partial charge in [0.1, 0.15) is 0 Å². The molecule has 4 heteroatoms. The smallest absolute Gasteiger partial charge is 0.169 e. The first-order chi connectivity index (χ1) is 12.2. The van der Waals surface area contributed by atoms with Crippen LogP contribution in [0, 0.1) is 10.5 Å². The summed E-state index contributed by atoms with van der Waals surface area (Å²) in [6.07, 6.45) is 0. The maximum atomic E-state index is 4.55. The van der Waals surface area contributed by atoms with Crippen LogP contribution < -0.4 is 0 Å². The number of pyridine rings is 1. The first-order valence-electron chi connectivity index (χ1n) is 8.15. The first-order valence-corrected chi connectivity index (χ1v) is 9.23. The molecule has 25 heavy (non-hydrogen) atoms. The van der Waals surface area contributed by atoms with Gasteiger partial charge in [-0.3, -0.25) is 4.40 Å². The fourth-order valence-electron chi connectivity index (χ4n) is 3.58. The lowest BCUT2D eigenvalue weighted by Crippen LogP contribution is -1.95. The zero-order valence-corrected chi connectivity index (χ0v) is 15.7. The molecule has 2 heterocycles. The number of fused-ring (bicyclic) bond motifs is 6. The molecule has 0 fully saturated rings. The fraction of sp³-hybridized carbons (Fsp3) is 0.0476. The molecule has 0 atom stereocenters. The molecule has 0 saturated heterocycles. The summed E-state index contributed by atoms with van der Waals surface area (Å²) in [7, 11) is 0. The van der Waals surface area contributed by atoms with Gasteiger partial charge < -0.3 is 0 Å². The van der Waals surface area contributed by atoms with Gasteiger partial charge in [0.25, 0.3) is 0 Å². The Kier molecular flexibility index (Phi) is 3.28. The number of hydrogen-bond donors (Lipinski definition) is 0. The summed E-state index contributed by atoms with van der Waals surface area (Å²) in [6.45, 7) is 2.16. The summed E-state index contributed by atoms with van der Waals surface area (Å²) >= 11 is 2.37. The lowest BCUT2D eigenvalue weighted by molar-refractivity contribution is 1.12. The summed E-state index contributed by atoms with van der Waals surface area (Å²) in [5, 5.41) is 12.7. The average Bonchev–Trinajstić information content (AvgIpc) is 3.08. The van der Waals surface area contributed by atoms with E-state index in [4.69, 9.17) is 0 Å². The van der Waals surface area contributed by atoms with E-state index < -0.39 is 0 Å². The SMILES string of the molecule is Cc1cccc2c1c1cc(I)ccc1n1c(-c3ccccc3)nnc21. The van der Waals surface area contributed by atoms with Gasteiger partial charge in [0.05, 0.1) is 5.52 Å². The molecule has 0 saturated carbocycles. The summed E-state index contributed by atoms with van der Waals surface area (Å²) in [6, 6.07) is 23.2. The van der Waals surface area contributed by atoms with Crippen LogP contribution in [0.1, 0.15) is 5.56 Å². The van der Waals surface area contributed by atoms with Gasteiger partial charge in [0, 0.05) is 19.9 Å². The highest BCUT2D eigenvalue weighted by Crippen LogP contribution is 2.34. The molecule has 0 spiro atoms. The van der Waals surface area contributed by atoms with E-state index in [1.807, 2.05) is 18.2 Å². The zero-order chi connectivity index (χ0) is 17.0. The molecule has 0 aliphatic carbocycles. The summed E-state index contributed by atoms with van der Waals surface area (Å²) in [5.74, 6) is 0.880. The monoisotopic (exact) mass is 435 g/mol. The van der Waals surface area contributed by atoms with Crippen molar-refractivity contribution in [1.29, 1.82) is 0 Å². The van der Waals surface area contributed by atoms with E-state index in [0.29, 0.717) is 0 Å². The Hall–Kier alpha value is -2.47. The minimum absolute atomic E-state index is 0.880. The Morgan fingerprint density at radius 1 is 0.840 bits per heavy atom. The third-order valence-electron chi connectivity index (χ3n) is 4.68. The maximum absolute atomic E-state index is 4.55. The number of aryl methyl sites for hydroxylation is 1. The van der Waals surface area contributed by atoms with Crippen LogP contribution in [0.15, 0.2) is 66.7 Å². The van der Waals surface area contributed by atoms with Crippen molar-refractivity contribution in [3.8, 4) is 11.4 Å². The van der Waals surface area contributed by atoms with Crippen molar-refractivity contribution in [3.05, 3.63) is 75.9 Å². The molecule has 2 aromatic heterocycles. The highest BCUT2D eigenvalue weighted by atomic mass is 127. The molecule has 0 amide bonds. The van der Waals surface area contributed by atoms with Gasteiger partial charge >= 0.3 is 0 Å². The highest BCUT2D eigenvalue weighted by Gasteiger charge is 2.16. The minimum Gasteiger partial charge on any atom is -0.274 e. The molecule has 5 aromatic rings. The number of benzene rings is 3. The Bertz CT molecular complexity index is 1260. The first kappa shape index (κ1) is 14.8. The Balaban J connectivity index is 2.07. The number of rotatable bonds is 1. The van der Waals surface area contributed by atoms with Gasteiger partial charge in [-0.2, -0.15) is 0 Å². The largest absolute Gasteiger partial charge is 0.274 e. The molecular formula is C21H14IN3. The van der Waals surface area contributed by atoms with E-state index in [2.05, 4.69) is 92.6 Å². The molecule has 0 bridgehead atoms.